The van der Waals surface area contributed by atoms with Crippen LogP contribution in [0.15, 0.2) is 36.1 Å². The van der Waals surface area contributed by atoms with Crippen molar-refractivity contribution in [2.45, 2.75) is 19.5 Å². The van der Waals surface area contributed by atoms with Crippen molar-refractivity contribution in [1.29, 1.82) is 0 Å². The first-order chi connectivity index (χ1) is 7.36. The van der Waals surface area contributed by atoms with E-state index >= 15 is 0 Å². The molecule has 1 N–H and O–H groups in total. The number of hydrogen-bond acceptors (Lipinski definition) is 4. The highest BCUT2D eigenvalue weighted by Crippen LogP contribution is 2.11. The van der Waals surface area contributed by atoms with Gasteiger partial charge in [-0.15, -0.1) is 11.3 Å². The summed E-state index contributed by atoms with van der Waals surface area (Å²) in [4.78, 5) is 9.59. The van der Waals surface area contributed by atoms with E-state index in [-0.39, 0.29) is 6.04 Å². The van der Waals surface area contributed by atoms with Gasteiger partial charge in [-0.1, -0.05) is 6.07 Å². The van der Waals surface area contributed by atoms with Crippen LogP contribution in [0.25, 0.3) is 0 Å². The topological polar surface area (TPSA) is 37.8 Å². The molecule has 2 heterocycles. The van der Waals surface area contributed by atoms with Crippen LogP contribution in [-0.2, 0) is 6.54 Å². The van der Waals surface area contributed by atoms with Gasteiger partial charge in [-0.05, 0) is 19.1 Å². The molecule has 3 nitrogen and oxygen atoms in total. The largest absolute Gasteiger partial charge is 0.304 e. The molecule has 0 saturated heterocycles. The molecule has 0 aliphatic carbocycles. The number of hydrogen-bond donors (Lipinski definition) is 1. The number of rotatable bonds is 4. The molecule has 0 amide bonds. The minimum absolute atomic E-state index is 0.272. The number of aromatic nitrogens is 2. The molecule has 4 heteroatoms. The Balaban J connectivity index is 1.90. The second-order valence-corrected chi connectivity index (χ2v) is 4.30. The van der Waals surface area contributed by atoms with Crippen molar-refractivity contribution in [3.05, 3.63) is 46.7 Å². The van der Waals surface area contributed by atoms with Gasteiger partial charge >= 0.3 is 0 Å². The Hall–Kier alpha value is -1.26. The van der Waals surface area contributed by atoms with E-state index in [1.807, 2.05) is 36.1 Å². The fourth-order valence-corrected chi connectivity index (χ4v) is 1.87. The number of thiazole rings is 1. The van der Waals surface area contributed by atoms with Gasteiger partial charge in [0.25, 0.3) is 0 Å². The monoisotopic (exact) mass is 219 g/mol. The molecule has 1 atom stereocenters. The van der Waals surface area contributed by atoms with Gasteiger partial charge in [0, 0.05) is 29.9 Å². The van der Waals surface area contributed by atoms with Crippen molar-refractivity contribution in [2.24, 2.45) is 0 Å². The summed E-state index contributed by atoms with van der Waals surface area (Å²) in [6, 6.07) is 6.24. The average Bonchev–Trinajstić information content (AvgIpc) is 2.80. The second kappa shape index (κ2) is 5.00. The van der Waals surface area contributed by atoms with E-state index in [1.165, 1.54) is 4.88 Å². The van der Waals surface area contributed by atoms with Crippen LogP contribution in [0.3, 0.4) is 0 Å². The predicted molar refractivity (Wildman–Crippen MR) is 61.6 cm³/mol. The molecule has 0 fully saturated rings. The molecular weight excluding hydrogens is 206 g/mol. The van der Waals surface area contributed by atoms with Gasteiger partial charge in [-0.25, -0.2) is 0 Å². The lowest BCUT2D eigenvalue weighted by molar-refractivity contribution is 0.565. The molecule has 0 saturated carbocycles. The van der Waals surface area contributed by atoms with Crippen LogP contribution in [0.2, 0.25) is 0 Å². The molecule has 0 aromatic carbocycles. The second-order valence-electron chi connectivity index (χ2n) is 3.32. The van der Waals surface area contributed by atoms with Crippen molar-refractivity contribution >= 4 is 11.3 Å². The van der Waals surface area contributed by atoms with Gasteiger partial charge in [0.05, 0.1) is 11.2 Å². The van der Waals surface area contributed by atoms with Crippen LogP contribution in [0, 0.1) is 0 Å². The van der Waals surface area contributed by atoms with Crippen LogP contribution < -0.4 is 5.32 Å². The molecule has 0 aliphatic rings. The maximum absolute atomic E-state index is 4.30. The third-order valence-electron chi connectivity index (χ3n) is 2.20. The van der Waals surface area contributed by atoms with Gasteiger partial charge in [-0.2, -0.15) is 0 Å². The van der Waals surface area contributed by atoms with Crippen molar-refractivity contribution in [3.63, 3.8) is 0 Å². The van der Waals surface area contributed by atoms with Crippen molar-refractivity contribution in [2.75, 3.05) is 0 Å². The number of nitrogens with zero attached hydrogens (tertiary/aromatic N) is 2. The first-order valence-electron chi connectivity index (χ1n) is 4.88. The summed E-state index contributed by atoms with van der Waals surface area (Å²) in [7, 11) is 0. The van der Waals surface area contributed by atoms with Gasteiger partial charge in [0.2, 0.25) is 0 Å². The highest BCUT2D eigenvalue weighted by atomic mass is 32.1. The minimum Gasteiger partial charge on any atom is -0.304 e. The maximum Gasteiger partial charge on any atom is 0.0794 e. The van der Waals surface area contributed by atoms with Crippen LogP contribution in [0.4, 0.5) is 0 Å². The molecule has 2 aromatic rings. The number of nitrogens with one attached hydrogen (secondary N) is 1. The molecule has 0 spiro atoms. The van der Waals surface area contributed by atoms with Crippen LogP contribution in [-0.4, -0.2) is 9.97 Å². The molecule has 0 bridgehead atoms. The van der Waals surface area contributed by atoms with Crippen LogP contribution in [0.1, 0.15) is 23.5 Å². The summed E-state index contributed by atoms with van der Waals surface area (Å²) < 4.78 is 0. The Morgan fingerprint density at radius 1 is 1.47 bits per heavy atom. The Kier molecular flexibility index (Phi) is 3.42. The molecular formula is C11H13N3S. The zero-order valence-corrected chi connectivity index (χ0v) is 9.37. The van der Waals surface area contributed by atoms with E-state index in [0.717, 1.165) is 12.2 Å². The van der Waals surface area contributed by atoms with Crippen LogP contribution in [0.5, 0.6) is 0 Å². The summed E-state index contributed by atoms with van der Waals surface area (Å²) in [5.74, 6) is 0. The standard InChI is InChI=1S/C11H13N3S/c1-9(11-4-2-3-5-13-11)14-7-10-6-12-8-15-10/h2-6,8-9,14H,7H2,1H3/t9-/m1/s1. The fraction of sp³-hybridized carbons (Fsp3) is 0.273. The molecule has 0 aliphatic heterocycles. The minimum atomic E-state index is 0.272. The molecule has 15 heavy (non-hydrogen) atoms. The number of pyridine rings is 1. The summed E-state index contributed by atoms with van der Waals surface area (Å²) in [5, 5.41) is 3.41. The summed E-state index contributed by atoms with van der Waals surface area (Å²) in [6.07, 6.45) is 3.71. The molecule has 78 valence electrons. The van der Waals surface area contributed by atoms with Crippen LogP contribution >= 0.6 is 11.3 Å². The SMILES string of the molecule is C[C@@H](NCc1cncs1)c1ccccn1. The van der Waals surface area contributed by atoms with E-state index in [1.54, 1.807) is 11.3 Å². The fourth-order valence-electron chi connectivity index (χ4n) is 1.32. The molecule has 2 aromatic heterocycles. The molecule has 0 unspecified atom stereocenters. The Morgan fingerprint density at radius 2 is 2.40 bits per heavy atom. The average molecular weight is 219 g/mol. The van der Waals surface area contributed by atoms with Gasteiger partial charge in [-0.3, -0.25) is 9.97 Å². The first kappa shape index (κ1) is 10.3. The van der Waals surface area contributed by atoms with Gasteiger partial charge in [0.15, 0.2) is 0 Å². The molecule has 0 radical (unpaired) electrons. The summed E-state index contributed by atoms with van der Waals surface area (Å²) >= 11 is 1.67. The Bertz CT molecular complexity index is 385. The van der Waals surface area contributed by atoms with E-state index in [0.29, 0.717) is 0 Å². The van der Waals surface area contributed by atoms with Gasteiger partial charge < -0.3 is 5.32 Å². The Morgan fingerprint density at radius 3 is 3.07 bits per heavy atom. The maximum atomic E-state index is 4.30. The molecule has 2 rings (SSSR count). The third-order valence-corrected chi connectivity index (χ3v) is 2.98. The highest BCUT2D eigenvalue weighted by molar-refractivity contribution is 7.09. The quantitative estimate of drug-likeness (QED) is 0.858. The zero-order valence-electron chi connectivity index (χ0n) is 8.55. The Labute approximate surface area is 93.2 Å². The van der Waals surface area contributed by atoms with Gasteiger partial charge in [0.1, 0.15) is 0 Å². The summed E-state index contributed by atoms with van der Waals surface area (Å²) in [5.41, 5.74) is 2.92. The normalized spacial score (nSPS) is 12.6. The smallest absolute Gasteiger partial charge is 0.0794 e. The van der Waals surface area contributed by atoms with Crippen molar-refractivity contribution < 1.29 is 0 Å². The zero-order chi connectivity index (χ0) is 10.5. The lowest BCUT2D eigenvalue weighted by Gasteiger charge is -2.11. The lowest BCUT2D eigenvalue weighted by atomic mass is 10.2. The summed E-state index contributed by atoms with van der Waals surface area (Å²) in [6.45, 7) is 2.96. The van der Waals surface area contributed by atoms with E-state index < -0.39 is 0 Å². The predicted octanol–water partition coefficient (Wildman–Crippen LogP) is 2.39. The first-order valence-corrected chi connectivity index (χ1v) is 5.76. The van der Waals surface area contributed by atoms with E-state index in [4.69, 9.17) is 0 Å². The van der Waals surface area contributed by atoms with E-state index in [9.17, 15) is 0 Å². The highest BCUT2D eigenvalue weighted by Gasteiger charge is 2.05. The van der Waals surface area contributed by atoms with Crippen molar-refractivity contribution in [1.82, 2.24) is 15.3 Å². The van der Waals surface area contributed by atoms with E-state index in [2.05, 4.69) is 22.2 Å². The lowest BCUT2D eigenvalue weighted by Crippen LogP contribution is -2.18. The van der Waals surface area contributed by atoms with Crippen molar-refractivity contribution in [3.8, 4) is 0 Å². The third kappa shape index (κ3) is 2.84.